The summed E-state index contributed by atoms with van der Waals surface area (Å²) in [6.45, 7) is 3.80. The number of nitrogens with zero attached hydrogens (tertiary/aromatic N) is 4. The van der Waals surface area contributed by atoms with Crippen molar-refractivity contribution in [3.8, 4) is 0 Å². The summed E-state index contributed by atoms with van der Waals surface area (Å²) in [5, 5.41) is 10.8. The molecule has 0 unspecified atom stereocenters. The Morgan fingerprint density at radius 3 is 2.59 bits per heavy atom. The average molecular weight is 338 g/mol. The summed E-state index contributed by atoms with van der Waals surface area (Å²) in [6, 6.07) is 1.06. The number of halogens is 4. The molecule has 1 N–H and O–H groups in total. The SMILES string of the molecule is CCCn1cc(CNCc2cc(C(F)(F)F)nn2C)cn1.Cl. The summed E-state index contributed by atoms with van der Waals surface area (Å²) >= 11 is 0. The smallest absolute Gasteiger partial charge is 0.307 e. The van der Waals surface area contributed by atoms with Crippen LogP contribution in [0.1, 0.15) is 30.3 Å². The molecular formula is C13H19ClF3N5. The van der Waals surface area contributed by atoms with Crippen molar-refractivity contribution in [2.75, 3.05) is 0 Å². The van der Waals surface area contributed by atoms with Crippen molar-refractivity contribution in [1.29, 1.82) is 0 Å². The number of aryl methyl sites for hydroxylation is 2. The molecule has 0 fully saturated rings. The minimum Gasteiger partial charge on any atom is -0.307 e. The molecule has 0 bridgehead atoms. The summed E-state index contributed by atoms with van der Waals surface area (Å²) in [6.07, 6.45) is 0.287. The Balaban J connectivity index is 0.00000242. The molecule has 124 valence electrons. The minimum atomic E-state index is -4.41. The van der Waals surface area contributed by atoms with E-state index < -0.39 is 11.9 Å². The van der Waals surface area contributed by atoms with Crippen LogP contribution in [-0.2, 0) is 32.9 Å². The van der Waals surface area contributed by atoms with Crippen LogP contribution in [0.15, 0.2) is 18.5 Å². The summed E-state index contributed by atoms with van der Waals surface area (Å²) < 4.78 is 40.7. The maximum Gasteiger partial charge on any atom is 0.435 e. The molecule has 2 heterocycles. The summed E-state index contributed by atoms with van der Waals surface area (Å²) in [5.74, 6) is 0. The third kappa shape index (κ3) is 4.74. The first-order valence-electron chi connectivity index (χ1n) is 6.72. The van der Waals surface area contributed by atoms with Gasteiger partial charge in [0, 0.05) is 38.4 Å². The van der Waals surface area contributed by atoms with Crippen LogP contribution in [0.25, 0.3) is 0 Å². The maximum absolute atomic E-state index is 12.5. The lowest BCUT2D eigenvalue weighted by molar-refractivity contribution is -0.141. The molecular weight excluding hydrogens is 319 g/mol. The highest BCUT2D eigenvalue weighted by molar-refractivity contribution is 5.85. The van der Waals surface area contributed by atoms with E-state index in [4.69, 9.17) is 0 Å². The van der Waals surface area contributed by atoms with Gasteiger partial charge in [-0.1, -0.05) is 6.92 Å². The number of alkyl halides is 3. The number of hydrogen-bond donors (Lipinski definition) is 1. The number of rotatable bonds is 6. The van der Waals surface area contributed by atoms with Crippen LogP contribution in [0.2, 0.25) is 0 Å². The van der Waals surface area contributed by atoms with Gasteiger partial charge in [-0.15, -0.1) is 12.4 Å². The molecule has 0 radical (unpaired) electrons. The van der Waals surface area contributed by atoms with Gasteiger partial charge in [0.2, 0.25) is 0 Å². The fourth-order valence-corrected chi connectivity index (χ4v) is 1.99. The van der Waals surface area contributed by atoms with Gasteiger partial charge in [0.25, 0.3) is 0 Å². The molecule has 0 aliphatic rings. The molecule has 2 aromatic heterocycles. The van der Waals surface area contributed by atoms with Crippen molar-refractivity contribution in [3.63, 3.8) is 0 Å². The van der Waals surface area contributed by atoms with Gasteiger partial charge in [0.1, 0.15) is 0 Å². The predicted molar refractivity (Wildman–Crippen MR) is 78.5 cm³/mol. The number of nitrogens with one attached hydrogen (secondary N) is 1. The standard InChI is InChI=1S/C13H18F3N5.ClH/c1-3-4-21-9-10(7-18-21)6-17-8-11-5-12(13(14,15)16)19-20(11)2;/h5,7,9,17H,3-4,6,8H2,1-2H3;1H. The summed E-state index contributed by atoms with van der Waals surface area (Å²) in [4.78, 5) is 0. The highest BCUT2D eigenvalue weighted by Crippen LogP contribution is 2.28. The minimum absolute atomic E-state index is 0. The molecule has 0 amide bonds. The average Bonchev–Trinajstić information content (AvgIpc) is 2.97. The predicted octanol–water partition coefficient (Wildman–Crippen LogP) is 2.76. The molecule has 9 heteroatoms. The number of hydrogen-bond acceptors (Lipinski definition) is 3. The van der Waals surface area contributed by atoms with E-state index in [2.05, 4.69) is 22.4 Å². The largest absolute Gasteiger partial charge is 0.435 e. The Labute approximate surface area is 132 Å². The lowest BCUT2D eigenvalue weighted by Gasteiger charge is -2.03. The van der Waals surface area contributed by atoms with Gasteiger partial charge < -0.3 is 5.32 Å². The zero-order valence-electron chi connectivity index (χ0n) is 12.4. The van der Waals surface area contributed by atoms with E-state index in [0.29, 0.717) is 18.8 Å². The van der Waals surface area contributed by atoms with Crippen molar-refractivity contribution in [1.82, 2.24) is 24.9 Å². The molecule has 0 aliphatic heterocycles. The Morgan fingerprint density at radius 2 is 2.00 bits per heavy atom. The first kappa shape index (κ1) is 18.5. The van der Waals surface area contributed by atoms with E-state index in [1.165, 1.54) is 11.7 Å². The molecule has 22 heavy (non-hydrogen) atoms. The summed E-state index contributed by atoms with van der Waals surface area (Å²) in [7, 11) is 1.51. The second-order valence-electron chi connectivity index (χ2n) is 4.86. The highest BCUT2D eigenvalue weighted by atomic mass is 35.5. The Bertz CT molecular complexity index is 591. The fourth-order valence-electron chi connectivity index (χ4n) is 1.99. The lowest BCUT2D eigenvalue weighted by atomic mass is 10.3. The van der Waals surface area contributed by atoms with E-state index in [1.54, 1.807) is 6.20 Å². The van der Waals surface area contributed by atoms with E-state index in [1.807, 2.05) is 10.9 Å². The highest BCUT2D eigenvalue weighted by Gasteiger charge is 2.34. The Hall–Kier alpha value is -1.54. The van der Waals surface area contributed by atoms with Crippen LogP contribution in [0.3, 0.4) is 0 Å². The van der Waals surface area contributed by atoms with Crippen molar-refractivity contribution < 1.29 is 13.2 Å². The fraction of sp³-hybridized carbons (Fsp3) is 0.538. The molecule has 0 aliphatic carbocycles. The topological polar surface area (TPSA) is 47.7 Å². The van der Waals surface area contributed by atoms with Crippen molar-refractivity contribution >= 4 is 12.4 Å². The lowest BCUT2D eigenvalue weighted by Crippen LogP contribution is -2.14. The van der Waals surface area contributed by atoms with Crippen LogP contribution in [0.5, 0.6) is 0 Å². The van der Waals surface area contributed by atoms with E-state index in [-0.39, 0.29) is 12.4 Å². The Kier molecular flexibility index (Phi) is 6.43. The maximum atomic E-state index is 12.5. The molecule has 0 saturated heterocycles. The van der Waals surface area contributed by atoms with Crippen LogP contribution < -0.4 is 5.32 Å². The van der Waals surface area contributed by atoms with E-state index >= 15 is 0 Å². The molecule has 2 rings (SSSR count). The van der Waals surface area contributed by atoms with Gasteiger partial charge in [0.15, 0.2) is 5.69 Å². The molecule has 0 atom stereocenters. The summed E-state index contributed by atoms with van der Waals surface area (Å²) in [5.41, 5.74) is 0.627. The normalized spacial score (nSPS) is 11.5. The van der Waals surface area contributed by atoms with Crippen molar-refractivity contribution in [3.05, 3.63) is 35.4 Å². The van der Waals surface area contributed by atoms with Gasteiger partial charge in [-0.3, -0.25) is 9.36 Å². The van der Waals surface area contributed by atoms with Gasteiger partial charge in [-0.05, 0) is 12.5 Å². The van der Waals surface area contributed by atoms with E-state index in [9.17, 15) is 13.2 Å². The second kappa shape index (κ2) is 7.64. The van der Waals surface area contributed by atoms with Crippen LogP contribution >= 0.6 is 12.4 Å². The first-order chi connectivity index (χ1) is 9.90. The number of aromatic nitrogens is 4. The molecule has 2 aromatic rings. The molecule has 0 aromatic carbocycles. The third-order valence-corrected chi connectivity index (χ3v) is 3.04. The van der Waals surface area contributed by atoms with Gasteiger partial charge >= 0.3 is 6.18 Å². The Morgan fingerprint density at radius 1 is 1.27 bits per heavy atom. The van der Waals surface area contributed by atoms with Crippen molar-refractivity contribution in [2.45, 2.75) is 39.2 Å². The first-order valence-corrected chi connectivity index (χ1v) is 6.72. The quantitative estimate of drug-likeness (QED) is 0.881. The zero-order chi connectivity index (χ0) is 15.5. The van der Waals surface area contributed by atoms with Crippen LogP contribution in [0, 0.1) is 0 Å². The van der Waals surface area contributed by atoms with Crippen LogP contribution in [-0.4, -0.2) is 19.6 Å². The molecule has 5 nitrogen and oxygen atoms in total. The monoisotopic (exact) mass is 337 g/mol. The van der Waals surface area contributed by atoms with Gasteiger partial charge in [-0.2, -0.15) is 23.4 Å². The molecule has 0 saturated carbocycles. The van der Waals surface area contributed by atoms with Crippen LogP contribution in [0.4, 0.5) is 13.2 Å². The third-order valence-electron chi connectivity index (χ3n) is 3.04. The molecule has 0 spiro atoms. The zero-order valence-corrected chi connectivity index (χ0v) is 13.2. The van der Waals surface area contributed by atoms with Gasteiger partial charge in [-0.25, -0.2) is 0 Å². The second-order valence-corrected chi connectivity index (χ2v) is 4.86. The van der Waals surface area contributed by atoms with E-state index in [0.717, 1.165) is 24.6 Å². The van der Waals surface area contributed by atoms with Crippen molar-refractivity contribution in [2.24, 2.45) is 7.05 Å². The van der Waals surface area contributed by atoms with Gasteiger partial charge in [0.05, 0.1) is 11.9 Å².